The molecule has 0 radical (unpaired) electrons. The number of nitrogens with one attached hydrogen (secondary N) is 2. The van der Waals surface area contributed by atoms with Gasteiger partial charge in [0.2, 0.25) is 10.0 Å². The monoisotopic (exact) mass is 389 g/mol. The maximum absolute atomic E-state index is 11.3. The Labute approximate surface area is 151 Å². The van der Waals surface area contributed by atoms with Crippen molar-refractivity contribution in [1.29, 1.82) is 0 Å². The fraction of sp³-hybridized carbons (Fsp3) is 0.400. The molecule has 1 aromatic carbocycles. The summed E-state index contributed by atoms with van der Waals surface area (Å²) < 4.78 is 30.7. The van der Waals surface area contributed by atoms with E-state index in [9.17, 15) is 8.42 Å². The van der Waals surface area contributed by atoms with E-state index < -0.39 is 10.0 Å². The number of thiazole rings is 1. The minimum Gasteiger partial charge on any atom is -0.486 e. The molecule has 0 aliphatic carbocycles. The number of rotatable bonds is 10. The topological polar surface area (TPSA) is 80.3 Å². The number of nitrogens with zero attached hydrogens (tertiary/aromatic N) is 1. The predicted molar refractivity (Wildman–Crippen MR) is 97.1 cm³/mol. The number of hydrogen-bond donors (Lipinski definition) is 2. The molecule has 0 aliphatic heterocycles. The first-order valence-electron chi connectivity index (χ1n) is 7.48. The first-order valence-corrected chi connectivity index (χ1v) is 10.4. The van der Waals surface area contributed by atoms with Gasteiger partial charge in [-0.1, -0.05) is 11.6 Å². The van der Waals surface area contributed by atoms with Crippen LogP contribution < -0.4 is 14.8 Å². The maximum Gasteiger partial charge on any atom is 0.211 e. The largest absolute Gasteiger partial charge is 0.486 e. The molecule has 1 aromatic heterocycles. The lowest BCUT2D eigenvalue weighted by Gasteiger charge is -2.05. The van der Waals surface area contributed by atoms with E-state index in [0.717, 1.165) is 16.5 Å². The van der Waals surface area contributed by atoms with Gasteiger partial charge in [-0.3, -0.25) is 0 Å². The van der Waals surface area contributed by atoms with E-state index in [1.807, 2.05) is 17.5 Å². The summed E-state index contributed by atoms with van der Waals surface area (Å²) in [5.74, 6) is 0.841. The van der Waals surface area contributed by atoms with Gasteiger partial charge in [0.1, 0.15) is 17.4 Å². The highest BCUT2D eigenvalue weighted by molar-refractivity contribution is 7.89. The quantitative estimate of drug-likeness (QED) is 0.610. The standard InChI is InChI=1S/C15H20ClN3O3S2/c1-2-24(20,21)18-8-7-17-9-13-11-23-15(19-13)10-22-14-5-3-12(16)4-6-14/h3-6,11,17-18H,2,7-10H2,1H3. The molecular weight excluding hydrogens is 370 g/mol. The van der Waals surface area contributed by atoms with Crippen LogP contribution >= 0.6 is 22.9 Å². The Morgan fingerprint density at radius 1 is 1.25 bits per heavy atom. The Kier molecular flexibility index (Phi) is 7.44. The molecule has 0 saturated heterocycles. The third-order valence-corrected chi connectivity index (χ3v) is 5.61. The zero-order valence-electron chi connectivity index (χ0n) is 13.3. The van der Waals surface area contributed by atoms with Crippen molar-refractivity contribution in [3.05, 3.63) is 45.4 Å². The molecule has 6 nitrogen and oxygen atoms in total. The van der Waals surface area contributed by atoms with Crippen LogP contribution in [-0.4, -0.2) is 32.2 Å². The molecule has 0 atom stereocenters. The van der Waals surface area contributed by atoms with Crippen molar-refractivity contribution in [3.63, 3.8) is 0 Å². The number of hydrogen-bond acceptors (Lipinski definition) is 6. The van der Waals surface area contributed by atoms with Gasteiger partial charge in [0.15, 0.2) is 0 Å². The number of halogens is 1. The van der Waals surface area contributed by atoms with Crippen LogP contribution in [0.1, 0.15) is 17.6 Å². The van der Waals surface area contributed by atoms with Crippen LogP contribution in [0.3, 0.4) is 0 Å². The average Bonchev–Trinajstić information content (AvgIpc) is 3.02. The third-order valence-electron chi connectivity index (χ3n) is 3.09. The summed E-state index contributed by atoms with van der Waals surface area (Å²) in [6.07, 6.45) is 0. The van der Waals surface area contributed by atoms with Gasteiger partial charge in [-0.25, -0.2) is 18.1 Å². The Hall–Kier alpha value is -1.19. The van der Waals surface area contributed by atoms with E-state index in [1.54, 1.807) is 19.1 Å². The summed E-state index contributed by atoms with van der Waals surface area (Å²) in [6.45, 7) is 3.52. The summed E-state index contributed by atoms with van der Waals surface area (Å²) in [4.78, 5) is 4.47. The van der Waals surface area contributed by atoms with Crippen molar-refractivity contribution in [2.45, 2.75) is 20.1 Å². The highest BCUT2D eigenvalue weighted by Crippen LogP contribution is 2.18. The summed E-state index contributed by atoms with van der Waals surface area (Å²) in [7, 11) is -3.13. The molecule has 24 heavy (non-hydrogen) atoms. The Morgan fingerprint density at radius 2 is 2.00 bits per heavy atom. The minimum atomic E-state index is -3.13. The van der Waals surface area contributed by atoms with E-state index in [-0.39, 0.29) is 5.75 Å². The first kappa shape index (κ1) is 19.1. The van der Waals surface area contributed by atoms with E-state index in [0.29, 0.717) is 31.3 Å². The van der Waals surface area contributed by atoms with Crippen LogP contribution in [0, 0.1) is 0 Å². The van der Waals surface area contributed by atoms with Crippen LogP contribution in [0.25, 0.3) is 0 Å². The first-order chi connectivity index (χ1) is 11.5. The molecule has 0 aliphatic rings. The maximum atomic E-state index is 11.3. The van der Waals surface area contributed by atoms with Crippen molar-refractivity contribution in [1.82, 2.24) is 15.0 Å². The van der Waals surface area contributed by atoms with E-state index >= 15 is 0 Å². The number of benzene rings is 1. The smallest absolute Gasteiger partial charge is 0.211 e. The SMILES string of the molecule is CCS(=O)(=O)NCCNCc1csc(COc2ccc(Cl)cc2)n1. The second-order valence-electron chi connectivity index (χ2n) is 4.95. The molecule has 132 valence electrons. The van der Waals surface area contributed by atoms with Gasteiger partial charge in [-0.2, -0.15) is 0 Å². The fourth-order valence-corrected chi connectivity index (χ4v) is 3.23. The zero-order valence-corrected chi connectivity index (χ0v) is 15.7. The van der Waals surface area contributed by atoms with Gasteiger partial charge in [-0.15, -0.1) is 11.3 Å². The fourth-order valence-electron chi connectivity index (χ4n) is 1.79. The Bertz CT molecular complexity index is 733. The van der Waals surface area contributed by atoms with Crippen LogP contribution in [0.2, 0.25) is 5.02 Å². The zero-order chi connectivity index (χ0) is 17.4. The average molecular weight is 390 g/mol. The molecule has 0 unspecified atom stereocenters. The summed E-state index contributed by atoms with van der Waals surface area (Å²) in [5, 5.41) is 6.67. The van der Waals surface area contributed by atoms with Crippen LogP contribution in [0.5, 0.6) is 5.75 Å². The van der Waals surface area contributed by atoms with Crippen molar-refractivity contribution < 1.29 is 13.2 Å². The van der Waals surface area contributed by atoms with Gasteiger partial charge in [-0.05, 0) is 31.2 Å². The van der Waals surface area contributed by atoms with Gasteiger partial charge < -0.3 is 10.1 Å². The molecule has 2 rings (SSSR count). The van der Waals surface area contributed by atoms with Gasteiger partial charge in [0.05, 0.1) is 11.4 Å². The van der Waals surface area contributed by atoms with Crippen LogP contribution in [0.15, 0.2) is 29.6 Å². The molecule has 0 fully saturated rings. The Morgan fingerprint density at radius 3 is 2.71 bits per heavy atom. The number of ether oxygens (including phenoxy) is 1. The lowest BCUT2D eigenvalue weighted by Crippen LogP contribution is -2.32. The Balaban J connectivity index is 1.68. The van der Waals surface area contributed by atoms with Crippen molar-refractivity contribution in [2.24, 2.45) is 0 Å². The molecule has 9 heteroatoms. The van der Waals surface area contributed by atoms with E-state index in [4.69, 9.17) is 16.3 Å². The summed E-state index contributed by atoms with van der Waals surface area (Å²) in [6, 6.07) is 7.19. The van der Waals surface area contributed by atoms with Crippen LogP contribution in [-0.2, 0) is 23.2 Å². The lowest BCUT2D eigenvalue weighted by atomic mass is 10.3. The van der Waals surface area contributed by atoms with Crippen molar-refractivity contribution >= 4 is 33.0 Å². The van der Waals surface area contributed by atoms with Crippen molar-refractivity contribution in [3.8, 4) is 5.75 Å². The molecule has 0 saturated carbocycles. The predicted octanol–water partition coefficient (Wildman–Crippen LogP) is 2.40. The molecule has 2 N–H and O–H groups in total. The summed E-state index contributed by atoms with van der Waals surface area (Å²) >= 11 is 7.36. The van der Waals surface area contributed by atoms with Crippen molar-refractivity contribution in [2.75, 3.05) is 18.8 Å². The third kappa shape index (κ3) is 6.74. The second kappa shape index (κ2) is 9.33. The molecule has 2 aromatic rings. The van der Waals surface area contributed by atoms with Gasteiger partial charge >= 0.3 is 0 Å². The molecule has 0 spiro atoms. The molecule has 0 bridgehead atoms. The van der Waals surface area contributed by atoms with E-state index in [2.05, 4.69) is 15.0 Å². The molecular formula is C15H20ClN3O3S2. The molecule has 1 heterocycles. The van der Waals surface area contributed by atoms with Crippen LogP contribution in [0.4, 0.5) is 0 Å². The number of sulfonamides is 1. The van der Waals surface area contributed by atoms with Gasteiger partial charge in [0, 0.05) is 30.0 Å². The lowest BCUT2D eigenvalue weighted by molar-refractivity contribution is 0.305. The highest BCUT2D eigenvalue weighted by Gasteiger charge is 2.05. The minimum absolute atomic E-state index is 0.0933. The summed E-state index contributed by atoms with van der Waals surface area (Å²) in [5.41, 5.74) is 0.910. The second-order valence-corrected chi connectivity index (χ2v) is 8.42. The highest BCUT2D eigenvalue weighted by atomic mass is 35.5. The van der Waals surface area contributed by atoms with Gasteiger partial charge in [0.25, 0.3) is 0 Å². The normalized spacial score (nSPS) is 11.6. The number of aromatic nitrogens is 1. The van der Waals surface area contributed by atoms with E-state index in [1.165, 1.54) is 11.3 Å². The molecule has 0 amide bonds.